The van der Waals surface area contributed by atoms with Crippen molar-refractivity contribution in [2.45, 2.75) is 25.5 Å². The molecule has 0 amide bonds. The van der Waals surface area contributed by atoms with Gasteiger partial charge < -0.3 is 10.5 Å². The Labute approximate surface area is 117 Å². The largest absolute Gasteiger partial charge is 0.489 e. The maximum absolute atomic E-state index is 6.11. The van der Waals surface area contributed by atoms with Crippen molar-refractivity contribution >= 4 is 11.6 Å². The highest BCUT2D eigenvalue weighted by Gasteiger charge is 2.16. The number of aryl methyl sites for hydroxylation is 1. The molecular weight excluding hydrogens is 264 g/mol. The number of aromatic nitrogens is 3. The standard InChI is InChI=1S/C13H17ClN4O/c1-9(19-12-5-3-4-10(14)6-12)13(15)7-11-8-18(2)17-16-11/h3-6,8-9,13H,7,15H2,1-2H3. The first-order valence-corrected chi connectivity index (χ1v) is 6.45. The van der Waals surface area contributed by atoms with E-state index in [1.807, 2.05) is 32.3 Å². The van der Waals surface area contributed by atoms with Crippen molar-refractivity contribution in [1.82, 2.24) is 15.0 Å². The minimum atomic E-state index is -0.157. The highest BCUT2D eigenvalue weighted by Crippen LogP contribution is 2.19. The first-order chi connectivity index (χ1) is 9.04. The summed E-state index contributed by atoms with van der Waals surface area (Å²) in [5.41, 5.74) is 6.97. The molecule has 0 saturated heterocycles. The van der Waals surface area contributed by atoms with Crippen LogP contribution in [-0.2, 0) is 13.5 Å². The number of nitrogens with zero attached hydrogens (tertiary/aromatic N) is 3. The predicted molar refractivity (Wildman–Crippen MR) is 74.2 cm³/mol. The van der Waals surface area contributed by atoms with Crippen LogP contribution < -0.4 is 10.5 Å². The summed E-state index contributed by atoms with van der Waals surface area (Å²) < 4.78 is 7.43. The number of rotatable bonds is 5. The molecule has 1 aromatic carbocycles. The van der Waals surface area contributed by atoms with Crippen LogP contribution in [0.5, 0.6) is 5.75 Å². The molecule has 0 radical (unpaired) electrons. The molecule has 0 aliphatic rings. The molecule has 2 aromatic rings. The fraction of sp³-hybridized carbons (Fsp3) is 0.385. The fourth-order valence-corrected chi connectivity index (χ4v) is 1.92. The topological polar surface area (TPSA) is 66.0 Å². The SMILES string of the molecule is CC(Oc1cccc(Cl)c1)C(N)Cc1cn(C)nn1. The summed E-state index contributed by atoms with van der Waals surface area (Å²) in [6, 6.07) is 7.12. The molecule has 0 fully saturated rings. The van der Waals surface area contributed by atoms with Crippen molar-refractivity contribution < 1.29 is 4.74 Å². The van der Waals surface area contributed by atoms with Gasteiger partial charge in [-0.15, -0.1) is 5.10 Å². The Morgan fingerprint density at radius 3 is 2.89 bits per heavy atom. The summed E-state index contributed by atoms with van der Waals surface area (Å²) >= 11 is 5.91. The van der Waals surface area contributed by atoms with Gasteiger partial charge >= 0.3 is 0 Å². The Morgan fingerprint density at radius 1 is 1.47 bits per heavy atom. The van der Waals surface area contributed by atoms with Crippen LogP contribution in [0.4, 0.5) is 0 Å². The lowest BCUT2D eigenvalue weighted by Crippen LogP contribution is -2.38. The fourth-order valence-electron chi connectivity index (χ4n) is 1.74. The molecule has 1 heterocycles. The first-order valence-electron chi connectivity index (χ1n) is 6.07. The van der Waals surface area contributed by atoms with Crippen LogP contribution >= 0.6 is 11.6 Å². The third kappa shape index (κ3) is 3.94. The van der Waals surface area contributed by atoms with Gasteiger partial charge in [0.25, 0.3) is 0 Å². The number of hydrogen-bond acceptors (Lipinski definition) is 4. The van der Waals surface area contributed by atoms with Crippen molar-refractivity contribution in [3.05, 3.63) is 41.2 Å². The van der Waals surface area contributed by atoms with Gasteiger partial charge in [0.15, 0.2) is 0 Å². The van der Waals surface area contributed by atoms with Crippen molar-refractivity contribution in [1.29, 1.82) is 0 Å². The lowest BCUT2D eigenvalue weighted by atomic mass is 10.1. The zero-order valence-corrected chi connectivity index (χ0v) is 11.7. The Hall–Kier alpha value is -1.59. The smallest absolute Gasteiger partial charge is 0.121 e. The van der Waals surface area contributed by atoms with Crippen molar-refractivity contribution in [2.24, 2.45) is 12.8 Å². The maximum Gasteiger partial charge on any atom is 0.121 e. The normalized spacial score (nSPS) is 14.1. The summed E-state index contributed by atoms with van der Waals surface area (Å²) in [7, 11) is 1.83. The van der Waals surface area contributed by atoms with E-state index in [9.17, 15) is 0 Å². The van der Waals surface area contributed by atoms with E-state index in [0.29, 0.717) is 11.4 Å². The van der Waals surface area contributed by atoms with E-state index in [2.05, 4.69) is 10.3 Å². The van der Waals surface area contributed by atoms with Crippen molar-refractivity contribution in [2.75, 3.05) is 0 Å². The molecule has 5 nitrogen and oxygen atoms in total. The first kappa shape index (κ1) is 13.8. The Kier molecular flexibility index (Phi) is 4.39. The summed E-state index contributed by atoms with van der Waals surface area (Å²) in [5.74, 6) is 0.717. The second-order valence-corrected chi connectivity index (χ2v) is 4.97. The zero-order chi connectivity index (χ0) is 13.8. The zero-order valence-electron chi connectivity index (χ0n) is 11.0. The average molecular weight is 281 g/mol. The molecular formula is C13H17ClN4O. The second kappa shape index (κ2) is 6.04. The van der Waals surface area contributed by atoms with Gasteiger partial charge in [-0.25, -0.2) is 0 Å². The van der Waals surface area contributed by atoms with Crippen LogP contribution in [0.25, 0.3) is 0 Å². The highest BCUT2D eigenvalue weighted by molar-refractivity contribution is 6.30. The minimum absolute atomic E-state index is 0.138. The third-order valence-electron chi connectivity index (χ3n) is 2.82. The van der Waals surface area contributed by atoms with E-state index in [1.54, 1.807) is 16.8 Å². The van der Waals surface area contributed by atoms with E-state index in [0.717, 1.165) is 11.4 Å². The number of benzene rings is 1. The number of halogens is 1. The lowest BCUT2D eigenvalue weighted by Gasteiger charge is -2.20. The van der Waals surface area contributed by atoms with Crippen LogP contribution in [-0.4, -0.2) is 27.1 Å². The van der Waals surface area contributed by atoms with Crippen LogP contribution in [0.15, 0.2) is 30.5 Å². The Bertz CT molecular complexity index is 543. The Balaban J connectivity index is 1.93. The van der Waals surface area contributed by atoms with Gasteiger partial charge in [0.2, 0.25) is 0 Å². The monoisotopic (exact) mass is 280 g/mol. The van der Waals surface area contributed by atoms with E-state index in [4.69, 9.17) is 22.1 Å². The molecule has 0 saturated carbocycles. The van der Waals surface area contributed by atoms with Crippen LogP contribution in [0.3, 0.4) is 0 Å². The highest BCUT2D eigenvalue weighted by atomic mass is 35.5. The second-order valence-electron chi connectivity index (χ2n) is 4.53. The molecule has 2 rings (SSSR count). The van der Waals surface area contributed by atoms with Gasteiger partial charge in [0.05, 0.1) is 5.69 Å². The molecule has 2 atom stereocenters. The Morgan fingerprint density at radius 2 is 2.26 bits per heavy atom. The molecule has 2 unspecified atom stereocenters. The lowest BCUT2D eigenvalue weighted by molar-refractivity contribution is 0.188. The van der Waals surface area contributed by atoms with Gasteiger partial charge in [-0.1, -0.05) is 22.9 Å². The molecule has 6 heteroatoms. The van der Waals surface area contributed by atoms with Gasteiger partial charge in [-0.05, 0) is 25.1 Å². The van der Waals surface area contributed by atoms with E-state index in [-0.39, 0.29) is 12.1 Å². The van der Waals surface area contributed by atoms with E-state index in [1.165, 1.54) is 0 Å². The summed E-state index contributed by atoms with van der Waals surface area (Å²) in [6.07, 6.45) is 2.34. The summed E-state index contributed by atoms with van der Waals surface area (Å²) in [4.78, 5) is 0. The van der Waals surface area contributed by atoms with Gasteiger partial charge in [-0.2, -0.15) is 0 Å². The minimum Gasteiger partial charge on any atom is -0.489 e. The number of nitrogens with two attached hydrogens (primary N) is 1. The van der Waals surface area contributed by atoms with Crippen LogP contribution in [0, 0.1) is 0 Å². The molecule has 1 aromatic heterocycles. The quantitative estimate of drug-likeness (QED) is 0.907. The summed E-state index contributed by atoms with van der Waals surface area (Å²) in [5, 5.41) is 8.54. The summed E-state index contributed by atoms with van der Waals surface area (Å²) in [6.45, 7) is 1.93. The molecule has 19 heavy (non-hydrogen) atoms. The van der Waals surface area contributed by atoms with Crippen LogP contribution in [0.1, 0.15) is 12.6 Å². The van der Waals surface area contributed by atoms with E-state index >= 15 is 0 Å². The number of hydrogen-bond donors (Lipinski definition) is 1. The van der Waals surface area contributed by atoms with Crippen molar-refractivity contribution in [3.8, 4) is 5.75 Å². The van der Waals surface area contributed by atoms with E-state index < -0.39 is 0 Å². The molecule has 0 spiro atoms. The number of ether oxygens (including phenoxy) is 1. The predicted octanol–water partition coefficient (Wildman–Crippen LogP) is 1.81. The van der Waals surface area contributed by atoms with Gasteiger partial charge in [-0.3, -0.25) is 4.68 Å². The molecule has 2 N–H and O–H groups in total. The van der Waals surface area contributed by atoms with Gasteiger partial charge in [0, 0.05) is 30.7 Å². The molecule has 0 aliphatic heterocycles. The molecule has 0 aliphatic carbocycles. The average Bonchev–Trinajstić information content (AvgIpc) is 2.74. The van der Waals surface area contributed by atoms with Crippen LogP contribution in [0.2, 0.25) is 5.02 Å². The van der Waals surface area contributed by atoms with Gasteiger partial charge in [0.1, 0.15) is 11.9 Å². The molecule has 0 bridgehead atoms. The molecule has 102 valence electrons. The maximum atomic E-state index is 6.11. The van der Waals surface area contributed by atoms with Crippen molar-refractivity contribution in [3.63, 3.8) is 0 Å². The third-order valence-corrected chi connectivity index (χ3v) is 3.05.